The van der Waals surface area contributed by atoms with Crippen LogP contribution >= 0.6 is 0 Å². The van der Waals surface area contributed by atoms with Crippen LogP contribution in [0.25, 0.3) is 0 Å². The molecule has 0 bridgehead atoms. The van der Waals surface area contributed by atoms with Crippen molar-refractivity contribution in [3.05, 3.63) is 11.3 Å². The molecular weight excluding hydrogens is 178 g/mol. The van der Waals surface area contributed by atoms with Crippen LogP contribution in [0.1, 0.15) is 25.1 Å². The molecule has 0 aliphatic carbocycles. The van der Waals surface area contributed by atoms with Gasteiger partial charge in [-0.1, -0.05) is 0 Å². The molecular formula is C9H15N5. The number of nitrogens with two attached hydrogens (primary N) is 2. The van der Waals surface area contributed by atoms with Gasteiger partial charge in [0.2, 0.25) is 5.95 Å². The first-order chi connectivity index (χ1) is 6.50. The Hall–Kier alpha value is -1.36. The third-order valence-electron chi connectivity index (χ3n) is 2.58. The number of nitrogens with one attached hydrogen (secondary N) is 1. The summed E-state index contributed by atoms with van der Waals surface area (Å²) in [7, 11) is 0. The van der Waals surface area contributed by atoms with E-state index >= 15 is 0 Å². The zero-order chi connectivity index (χ0) is 10.3. The summed E-state index contributed by atoms with van der Waals surface area (Å²) in [5, 5.41) is 3.37. The van der Waals surface area contributed by atoms with E-state index in [-0.39, 0.29) is 11.5 Å². The Balaban J connectivity index is 2.63. The molecule has 5 N–H and O–H groups in total. The quantitative estimate of drug-likeness (QED) is 0.540. The van der Waals surface area contributed by atoms with E-state index in [9.17, 15) is 0 Å². The number of nitrogen functional groups attached to an aromatic ring is 2. The van der Waals surface area contributed by atoms with Crippen LogP contribution in [0.15, 0.2) is 0 Å². The molecule has 0 unspecified atom stereocenters. The van der Waals surface area contributed by atoms with Gasteiger partial charge in [-0.25, -0.2) is 4.98 Å². The first-order valence-electron chi connectivity index (χ1n) is 4.68. The molecule has 1 aliphatic heterocycles. The summed E-state index contributed by atoms with van der Waals surface area (Å²) >= 11 is 0. The van der Waals surface area contributed by atoms with E-state index in [1.165, 1.54) is 0 Å². The molecule has 14 heavy (non-hydrogen) atoms. The third-order valence-corrected chi connectivity index (χ3v) is 2.58. The van der Waals surface area contributed by atoms with Crippen molar-refractivity contribution in [1.29, 1.82) is 0 Å². The molecule has 0 saturated carbocycles. The average molecular weight is 193 g/mol. The number of nitrogens with zero attached hydrogens (tertiary/aromatic N) is 2. The summed E-state index contributed by atoms with van der Waals surface area (Å²) in [6, 6.07) is 0. The molecule has 2 heterocycles. The average Bonchev–Trinajstić information content (AvgIpc) is 2.00. The van der Waals surface area contributed by atoms with Crippen LogP contribution in [0.5, 0.6) is 0 Å². The number of rotatable bonds is 0. The van der Waals surface area contributed by atoms with Crippen LogP contribution in [0.3, 0.4) is 0 Å². The predicted octanol–water partition coefficient (Wildman–Crippen LogP) is 0.0218. The van der Waals surface area contributed by atoms with Gasteiger partial charge >= 0.3 is 0 Å². The maximum atomic E-state index is 5.85. The largest absolute Gasteiger partial charge is 0.383 e. The van der Waals surface area contributed by atoms with Crippen LogP contribution in [0, 0.1) is 0 Å². The highest BCUT2D eigenvalue weighted by Crippen LogP contribution is 2.30. The fourth-order valence-electron chi connectivity index (χ4n) is 1.99. The minimum atomic E-state index is -0.161. The summed E-state index contributed by atoms with van der Waals surface area (Å²) in [4.78, 5) is 8.20. The Labute approximate surface area is 82.9 Å². The van der Waals surface area contributed by atoms with Crippen LogP contribution in [0.4, 0.5) is 11.8 Å². The summed E-state index contributed by atoms with van der Waals surface area (Å²) in [5.74, 6) is 0.753. The van der Waals surface area contributed by atoms with Crippen molar-refractivity contribution in [2.24, 2.45) is 0 Å². The topological polar surface area (TPSA) is 89.8 Å². The van der Waals surface area contributed by atoms with Gasteiger partial charge in [0, 0.05) is 24.1 Å². The van der Waals surface area contributed by atoms with Gasteiger partial charge in [0.1, 0.15) is 5.82 Å². The van der Waals surface area contributed by atoms with Gasteiger partial charge in [-0.3, -0.25) is 0 Å². The molecule has 5 nitrogen and oxygen atoms in total. The highest BCUT2D eigenvalue weighted by Gasteiger charge is 2.30. The van der Waals surface area contributed by atoms with E-state index in [1.807, 2.05) is 0 Å². The SMILES string of the molecule is CC1(C)NCCc2nc(N)nc(N)c21. The fraction of sp³-hybridized carbons (Fsp3) is 0.556. The maximum Gasteiger partial charge on any atom is 0.222 e. The highest BCUT2D eigenvalue weighted by atomic mass is 15.1. The summed E-state index contributed by atoms with van der Waals surface area (Å²) in [6.45, 7) is 5.04. The van der Waals surface area contributed by atoms with E-state index in [0.717, 1.165) is 24.2 Å². The van der Waals surface area contributed by atoms with Crippen molar-refractivity contribution in [3.63, 3.8) is 0 Å². The number of hydrogen-bond donors (Lipinski definition) is 3. The minimum absolute atomic E-state index is 0.161. The van der Waals surface area contributed by atoms with Gasteiger partial charge in [-0.15, -0.1) is 0 Å². The molecule has 1 aromatic heterocycles. The molecule has 1 aliphatic rings. The number of aromatic nitrogens is 2. The van der Waals surface area contributed by atoms with Gasteiger partial charge in [0.15, 0.2) is 0 Å². The van der Waals surface area contributed by atoms with E-state index in [2.05, 4.69) is 29.1 Å². The Morgan fingerprint density at radius 1 is 1.29 bits per heavy atom. The number of fused-ring (bicyclic) bond motifs is 1. The van der Waals surface area contributed by atoms with E-state index in [0.29, 0.717) is 5.82 Å². The second kappa shape index (κ2) is 2.81. The van der Waals surface area contributed by atoms with Crippen molar-refractivity contribution in [1.82, 2.24) is 15.3 Å². The monoisotopic (exact) mass is 193 g/mol. The van der Waals surface area contributed by atoms with E-state index in [4.69, 9.17) is 11.5 Å². The molecule has 76 valence electrons. The Morgan fingerprint density at radius 2 is 2.00 bits per heavy atom. The summed E-state index contributed by atoms with van der Waals surface area (Å²) < 4.78 is 0. The lowest BCUT2D eigenvalue weighted by Crippen LogP contribution is -2.43. The maximum absolute atomic E-state index is 5.85. The van der Waals surface area contributed by atoms with Crippen LogP contribution in [-0.2, 0) is 12.0 Å². The Kier molecular flexibility index (Phi) is 1.85. The molecule has 5 heteroatoms. The number of hydrogen-bond acceptors (Lipinski definition) is 5. The molecule has 0 spiro atoms. The second-order valence-electron chi connectivity index (χ2n) is 4.09. The second-order valence-corrected chi connectivity index (χ2v) is 4.09. The zero-order valence-corrected chi connectivity index (χ0v) is 8.46. The molecule has 0 saturated heterocycles. The molecule has 2 rings (SSSR count). The molecule has 1 aromatic rings. The molecule has 0 fully saturated rings. The van der Waals surface area contributed by atoms with Gasteiger partial charge in [0.05, 0.1) is 5.69 Å². The molecule has 0 atom stereocenters. The lowest BCUT2D eigenvalue weighted by molar-refractivity contribution is 0.378. The summed E-state index contributed by atoms with van der Waals surface area (Å²) in [6.07, 6.45) is 0.857. The van der Waals surface area contributed by atoms with Crippen molar-refractivity contribution >= 4 is 11.8 Å². The first kappa shape index (κ1) is 9.21. The molecule has 0 radical (unpaired) electrons. The van der Waals surface area contributed by atoms with E-state index < -0.39 is 0 Å². The third kappa shape index (κ3) is 1.29. The minimum Gasteiger partial charge on any atom is -0.383 e. The van der Waals surface area contributed by atoms with Crippen molar-refractivity contribution < 1.29 is 0 Å². The number of anilines is 2. The van der Waals surface area contributed by atoms with Gasteiger partial charge in [-0.2, -0.15) is 4.98 Å². The fourth-order valence-corrected chi connectivity index (χ4v) is 1.99. The van der Waals surface area contributed by atoms with Crippen molar-refractivity contribution in [2.75, 3.05) is 18.0 Å². The molecule has 0 amide bonds. The van der Waals surface area contributed by atoms with Crippen molar-refractivity contribution in [2.45, 2.75) is 25.8 Å². The molecule has 0 aromatic carbocycles. The lowest BCUT2D eigenvalue weighted by atomic mass is 9.88. The predicted molar refractivity (Wildman–Crippen MR) is 55.6 cm³/mol. The van der Waals surface area contributed by atoms with Crippen LogP contribution < -0.4 is 16.8 Å². The van der Waals surface area contributed by atoms with Crippen LogP contribution in [0.2, 0.25) is 0 Å². The lowest BCUT2D eigenvalue weighted by Gasteiger charge is -2.33. The van der Waals surface area contributed by atoms with Gasteiger partial charge in [-0.05, 0) is 13.8 Å². The first-order valence-corrected chi connectivity index (χ1v) is 4.68. The standard InChI is InChI=1S/C9H15N5/c1-9(2)6-5(3-4-12-9)13-8(11)14-7(6)10/h12H,3-4H2,1-2H3,(H4,10,11,13,14). The van der Waals surface area contributed by atoms with Crippen LogP contribution in [-0.4, -0.2) is 16.5 Å². The summed E-state index contributed by atoms with van der Waals surface area (Å²) in [5.41, 5.74) is 13.2. The Morgan fingerprint density at radius 3 is 2.71 bits per heavy atom. The highest BCUT2D eigenvalue weighted by molar-refractivity contribution is 5.50. The smallest absolute Gasteiger partial charge is 0.222 e. The van der Waals surface area contributed by atoms with Gasteiger partial charge in [0.25, 0.3) is 0 Å². The van der Waals surface area contributed by atoms with Crippen molar-refractivity contribution in [3.8, 4) is 0 Å². The van der Waals surface area contributed by atoms with E-state index in [1.54, 1.807) is 0 Å². The normalized spacial score (nSPS) is 19.0. The zero-order valence-electron chi connectivity index (χ0n) is 8.46. The Bertz CT molecular complexity index is 372. The van der Waals surface area contributed by atoms with Gasteiger partial charge < -0.3 is 16.8 Å².